The molecular weight excluding hydrogens is 514 g/mol. The summed E-state index contributed by atoms with van der Waals surface area (Å²) < 4.78 is 8.25. The molecule has 9 nitrogen and oxygen atoms in total. The van der Waals surface area contributed by atoms with Gasteiger partial charge in [-0.15, -0.1) is 0 Å². The number of hydrogen-bond donors (Lipinski definition) is 1. The highest BCUT2D eigenvalue weighted by molar-refractivity contribution is 6.33. The van der Waals surface area contributed by atoms with Gasteiger partial charge in [-0.1, -0.05) is 17.7 Å². The van der Waals surface area contributed by atoms with E-state index in [0.29, 0.717) is 52.9 Å². The first-order chi connectivity index (χ1) is 18.8. The molecule has 3 fully saturated rings. The number of fused-ring (bicyclic) bond motifs is 3. The summed E-state index contributed by atoms with van der Waals surface area (Å²) in [7, 11) is 0. The fraction of sp³-hybridized carbons (Fsp3) is 0.414. The van der Waals surface area contributed by atoms with Gasteiger partial charge in [0.2, 0.25) is 11.8 Å². The number of carbonyl (C=O) groups excluding carboxylic acids is 1. The van der Waals surface area contributed by atoms with Crippen LogP contribution in [0.25, 0.3) is 22.6 Å². The van der Waals surface area contributed by atoms with Crippen LogP contribution >= 0.6 is 11.6 Å². The van der Waals surface area contributed by atoms with Crippen molar-refractivity contribution in [1.29, 1.82) is 0 Å². The highest BCUT2D eigenvalue weighted by Gasteiger charge is 2.41. The third-order valence-corrected chi connectivity index (χ3v) is 8.41. The zero-order valence-electron chi connectivity index (χ0n) is 22.0. The van der Waals surface area contributed by atoms with Crippen molar-refractivity contribution in [2.75, 3.05) is 13.1 Å². The van der Waals surface area contributed by atoms with Crippen LogP contribution in [-0.2, 0) is 17.8 Å². The molecule has 3 aromatic heterocycles. The number of carbonyl (C=O) groups is 1. The summed E-state index contributed by atoms with van der Waals surface area (Å²) in [5.41, 5.74) is 4.71. The van der Waals surface area contributed by atoms with Crippen LogP contribution in [0.1, 0.15) is 43.0 Å². The van der Waals surface area contributed by atoms with Crippen LogP contribution in [0.2, 0.25) is 5.02 Å². The molecule has 4 aromatic rings. The molecule has 7 rings (SSSR count). The SMILES string of the molecule is Cc1ccnc(Cn2c(-c3ccc(CC(=O)N4C[C@@H]5C[C@H]4CN5)cc3Cl)nc3c(OC4(C)CC4)ncnc32)c1. The van der Waals surface area contributed by atoms with E-state index in [-0.39, 0.29) is 11.5 Å². The quantitative estimate of drug-likeness (QED) is 0.377. The molecule has 10 heteroatoms. The highest BCUT2D eigenvalue weighted by atomic mass is 35.5. The van der Waals surface area contributed by atoms with Crippen LogP contribution < -0.4 is 10.1 Å². The molecule has 0 radical (unpaired) electrons. The minimum atomic E-state index is -0.208. The maximum absolute atomic E-state index is 13.0. The van der Waals surface area contributed by atoms with Gasteiger partial charge in [-0.3, -0.25) is 9.78 Å². The molecule has 2 saturated heterocycles. The topological polar surface area (TPSA) is 98.1 Å². The van der Waals surface area contributed by atoms with Gasteiger partial charge in [-0.2, -0.15) is 4.98 Å². The predicted molar refractivity (Wildman–Crippen MR) is 148 cm³/mol. The van der Waals surface area contributed by atoms with Crippen molar-refractivity contribution < 1.29 is 9.53 Å². The van der Waals surface area contributed by atoms with Crippen molar-refractivity contribution >= 4 is 28.7 Å². The van der Waals surface area contributed by atoms with E-state index in [9.17, 15) is 4.79 Å². The van der Waals surface area contributed by atoms with E-state index in [0.717, 1.165) is 54.7 Å². The number of aryl methyl sites for hydroxylation is 1. The number of benzene rings is 1. The molecule has 2 aliphatic heterocycles. The molecule has 200 valence electrons. The number of pyridine rings is 1. The second-order valence-electron chi connectivity index (χ2n) is 11.3. The van der Waals surface area contributed by atoms with Crippen LogP contribution in [0.5, 0.6) is 5.88 Å². The number of imidazole rings is 1. The van der Waals surface area contributed by atoms with Crippen molar-refractivity contribution in [2.24, 2.45) is 0 Å². The molecule has 1 saturated carbocycles. The largest absolute Gasteiger partial charge is 0.470 e. The van der Waals surface area contributed by atoms with Gasteiger partial charge in [-0.05, 0) is 68.5 Å². The van der Waals surface area contributed by atoms with Gasteiger partial charge in [-0.25, -0.2) is 9.97 Å². The van der Waals surface area contributed by atoms with Gasteiger partial charge in [0.05, 0.1) is 23.7 Å². The summed E-state index contributed by atoms with van der Waals surface area (Å²) in [6, 6.07) is 10.6. The number of piperazine rings is 1. The minimum Gasteiger partial charge on any atom is -0.470 e. The summed E-state index contributed by atoms with van der Waals surface area (Å²) in [5.74, 6) is 1.28. The molecule has 1 aromatic carbocycles. The Labute approximate surface area is 231 Å². The van der Waals surface area contributed by atoms with Crippen molar-refractivity contribution in [1.82, 2.24) is 34.7 Å². The lowest BCUT2D eigenvalue weighted by Gasteiger charge is -2.27. The number of halogens is 1. The lowest BCUT2D eigenvalue weighted by atomic mass is 10.1. The average molecular weight is 544 g/mol. The smallest absolute Gasteiger partial charge is 0.245 e. The Hall–Kier alpha value is -3.56. The normalized spacial score (nSPS) is 21.1. The Morgan fingerprint density at radius 1 is 1.21 bits per heavy atom. The molecule has 1 N–H and O–H groups in total. The molecule has 1 amide bonds. The van der Waals surface area contributed by atoms with Crippen LogP contribution in [0.15, 0.2) is 42.9 Å². The van der Waals surface area contributed by atoms with Crippen LogP contribution in [0.3, 0.4) is 0 Å². The minimum absolute atomic E-state index is 0.149. The number of amides is 1. The van der Waals surface area contributed by atoms with Crippen molar-refractivity contribution in [3.8, 4) is 17.3 Å². The monoisotopic (exact) mass is 543 g/mol. The lowest BCUT2D eigenvalue weighted by molar-refractivity contribution is -0.131. The van der Waals surface area contributed by atoms with Crippen LogP contribution in [0, 0.1) is 6.92 Å². The fourth-order valence-corrected chi connectivity index (χ4v) is 5.98. The van der Waals surface area contributed by atoms with Crippen molar-refractivity contribution in [2.45, 2.75) is 63.8 Å². The zero-order chi connectivity index (χ0) is 26.7. The van der Waals surface area contributed by atoms with E-state index in [4.69, 9.17) is 21.3 Å². The summed E-state index contributed by atoms with van der Waals surface area (Å²) in [5, 5.41) is 3.98. The van der Waals surface area contributed by atoms with Crippen molar-refractivity contribution in [3.63, 3.8) is 0 Å². The molecule has 0 unspecified atom stereocenters. The number of ether oxygens (including phenoxy) is 1. The summed E-state index contributed by atoms with van der Waals surface area (Å²) in [6.45, 7) is 6.26. The molecule has 39 heavy (non-hydrogen) atoms. The molecule has 5 heterocycles. The van der Waals surface area contributed by atoms with Crippen molar-refractivity contribution in [3.05, 3.63) is 64.7 Å². The molecule has 0 spiro atoms. The lowest BCUT2D eigenvalue weighted by Crippen LogP contribution is -2.47. The number of nitrogens with zero attached hydrogens (tertiary/aromatic N) is 6. The van der Waals surface area contributed by atoms with E-state index in [1.165, 1.54) is 6.33 Å². The summed E-state index contributed by atoms with van der Waals surface area (Å²) >= 11 is 6.88. The predicted octanol–water partition coefficient (Wildman–Crippen LogP) is 3.94. The first kappa shape index (κ1) is 24.5. The molecule has 2 bridgehead atoms. The summed E-state index contributed by atoms with van der Waals surface area (Å²) in [6.07, 6.45) is 6.68. The number of nitrogens with one attached hydrogen (secondary N) is 1. The third kappa shape index (κ3) is 4.63. The second-order valence-corrected chi connectivity index (χ2v) is 11.7. The Bertz CT molecular complexity index is 1600. The van der Waals surface area contributed by atoms with Gasteiger partial charge in [0.25, 0.3) is 0 Å². The maximum Gasteiger partial charge on any atom is 0.245 e. The van der Waals surface area contributed by atoms with Gasteiger partial charge in [0, 0.05) is 36.9 Å². The summed E-state index contributed by atoms with van der Waals surface area (Å²) in [4.78, 5) is 33.6. The van der Waals surface area contributed by atoms with Crippen LogP contribution in [-0.4, -0.2) is 66.1 Å². The van der Waals surface area contributed by atoms with E-state index in [1.54, 1.807) is 0 Å². The van der Waals surface area contributed by atoms with E-state index in [1.807, 2.05) is 46.9 Å². The van der Waals surface area contributed by atoms with Crippen LogP contribution in [0.4, 0.5) is 0 Å². The molecule has 1 aliphatic carbocycles. The second kappa shape index (κ2) is 9.27. The molecular formula is C29H30ClN7O2. The molecule has 3 aliphatic rings. The van der Waals surface area contributed by atoms with Gasteiger partial charge >= 0.3 is 0 Å². The first-order valence-corrected chi connectivity index (χ1v) is 13.9. The van der Waals surface area contributed by atoms with Gasteiger partial charge in [0.1, 0.15) is 17.8 Å². The Balaban J connectivity index is 1.25. The van der Waals surface area contributed by atoms with E-state index < -0.39 is 0 Å². The number of likely N-dealkylation sites (tertiary alicyclic amines) is 1. The van der Waals surface area contributed by atoms with Gasteiger partial charge < -0.3 is 19.5 Å². The Kier molecular flexibility index (Phi) is 5.82. The van der Waals surface area contributed by atoms with Gasteiger partial charge in [0.15, 0.2) is 11.2 Å². The van der Waals surface area contributed by atoms with E-state index in [2.05, 4.69) is 33.3 Å². The number of hydrogen-bond acceptors (Lipinski definition) is 7. The average Bonchev–Trinajstić information content (AvgIpc) is 3.26. The highest BCUT2D eigenvalue weighted by Crippen LogP contribution is 2.41. The van der Waals surface area contributed by atoms with E-state index >= 15 is 0 Å². The Morgan fingerprint density at radius 3 is 2.79 bits per heavy atom. The molecule has 2 atom stereocenters. The standard InChI is InChI=1S/C29H30ClN7O2/c1-17-5-8-31-19(9-17)15-37-26(35-25-27(37)33-16-34-28(25)39-29(2)6-7-29)22-4-3-18(10-23(22)30)11-24(38)36-14-20-12-21(36)13-32-20/h3-5,8-10,16,20-21,32H,6-7,11-15H2,1-2H3/t20-,21-/m0/s1. The third-order valence-electron chi connectivity index (χ3n) is 8.09. The zero-order valence-corrected chi connectivity index (χ0v) is 22.8. The number of aromatic nitrogens is 5. The first-order valence-electron chi connectivity index (χ1n) is 13.5. The maximum atomic E-state index is 13.0. The number of rotatable bonds is 7. The Morgan fingerprint density at radius 2 is 2.08 bits per heavy atom. The fourth-order valence-electron chi connectivity index (χ4n) is 5.70.